The first-order valence-corrected chi connectivity index (χ1v) is 6.14. The van der Waals surface area contributed by atoms with E-state index in [9.17, 15) is 13.2 Å². The Balaban J connectivity index is 2.64. The third kappa shape index (κ3) is 4.04. The maximum atomic E-state index is 11.7. The van der Waals surface area contributed by atoms with Crippen molar-refractivity contribution in [3.05, 3.63) is 11.8 Å². The number of carbonyl (C=O) groups is 1. The first kappa shape index (κ1) is 13.5. The van der Waals surface area contributed by atoms with Crippen molar-refractivity contribution in [3.8, 4) is 0 Å². The minimum Gasteiger partial charge on any atom is -0.481 e. The predicted molar refractivity (Wildman–Crippen MR) is 58.7 cm³/mol. The molecule has 9 heteroatoms. The van der Waals surface area contributed by atoms with Crippen molar-refractivity contribution in [1.29, 1.82) is 0 Å². The van der Waals surface area contributed by atoms with E-state index in [1.807, 2.05) is 0 Å². The van der Waals surface area contributed by atoms with Crippen LogP contribution in [0.2, 0.25) is 0 Å². The molecule has 8 nitrogen and oxygen atoms in total. The summed E-state index contributed by atoms with van der Waals surface area (Å²) >= 11 is 0. The summed E-state index contributed by atoms with van der Waals surface area (Å²) in [6.45, 7) is 1.50. The number of aryl methyl sites for hydroxylation is 1. The van der Waals surface area contributed by atoms with Crippen molar-refractivity contribution in [3.63, 3.8) is 0 Å². The average molecular weight is 263 g/mol. The Labute approximate surface area is 98.4 Å². The standard InChI is InChI=1S/C8H13N3O5S/c1-6-5-7(9-16-6)10-17(14,15)11(2)4-3-8(12)13/h5H,3-4H2,1-2H3,(H,9,10)(H,12,13). The Hall–Kier alpha value is -1.61. The molecule has 0 saturated heterocycles. The summed E-state index contributed by atoms with van der Waals surface area (Å²) in [7, 11) is -2.52. The monoisotopic (exact) mass is 263 g/mol. The Morgan fingerprint density at radius 2 is 2.29 bits per heavy atom. The highest BCUT2D eigenvalue weighted by atomic mass is 32.2. The summed E-state index contributed by atoms with van der Waals surface area (Å²) in [6.07, 6.45) is -0.269. The first-order valence-electron chi connectivity index (χ1n) is 4.70. The van der Waals surface area contributed by atoms with Gasteiger partial charge in [0.1, 0.15) is 5.76 Å². The number of carboxylic acids is 1. The van der Waals surface area contributed by atoms with E-state index in [1.54, 1.807) is 6.92 Å². The van der Waals surface area contributed by atoms with E-state index < -0.39 is 16.2 Å². The smallest absolute Gasteiger partial charge is 0.304 e. The van der Waals surface area contributed by atoms with E-state index in [0.717, 1.165) is 4.31 Å². The largest absolute Gasteiger partial charge is 0.481 e. The molecule has 1 aromatic heterocycles. The van der Waals surface area contributed by atoms with Crippen LogP contribution in [0.1, 0.15) is 12.2 Å². The first-order chi connectivity index (χ1) is 7.81. The van der Waals surface area contributed by atoms with Gasteiger partial charge in [-0.05, 0) is 6.92 Å². The topological polar surface area (TPSA) is 113 Å². The van der Waals surface area contributed by atoms with Gasteiger partial charge in [-0.25, -0.2) is 0 Å². The molecule has 17 heavy (non-hydrogen) atoms. The number of rotatable bonds is 6. The predicted octanol–water partition coefficient (Wildman–Crippen LogP) is 0.0462. The number of nitrogens with zero attached hydrogens (tertiary/aromatic N) is 2. The van der Waals surface area contributed by atoms with Crippen LogP contribution in [0.3, 0.4) is 0 Å². The molecule has 0 aliphatic rings. The lowest BCUT2D eigenvalue weighted by atomic mass is 10.4. The number of anilines is 1. The molecule has 0 aliphatic heterocycles. The van der Waals surface area contributed by atoms with Gasteiger partial charge in [-0.1, -0.05) is 5.16 Å². The van der Waals surface area contributed by atoms with E-state index in [4.69, 9.17) is 9.63 Å². The number of aliphatic carboxylic acids is 1. The van der Waals surface area contributed by atoms with Crippen molar-refractivity contribution in [2.75, 3.05) is 18.3 Å². The second kappa shape index (κ2) is 5.15. The van der Waals surface area contributed by atoms with Crippen molar-refractivity contribution in [2.24, 2.45) is 0 Å². The normalized spacial score (nSPS) is 11.7. The van der Waals surface area contributed by atoms with Crippen LogP contribution in [0.4, 0.5) is 5.82 Å². The maximum Gasteiger partial charge on any atom is 0.304 e. The summed E-state index contributed by atoms with van der Waals surface area (Å²) in [6, 6.07) is 1.42. The molecule has 0 spiro atoms. The molecule has 0 saturated carbocycles. The van der Waals surface area contributed by atoms with Gasteiger partial charge in [0.2, 0.25) is 0 Å². The lowest BCUT2D eigenvalue weighted by Crippen LogP contribution is -2.34. The van der Waals surface area contributed by atoms with Gasteiger partial charge in [0.05, 0.1) is 6.42 Å². The van der Waals surface area contributed by atoms with Crippen LogP contribution in [-0.4, -0.2) is 42.5 Å². The van der Waals surface area contributed by atoms with Crippen molar-refractivity contribution >= 4 is 22.0 Å². The third-order valence-electron chi connectivity index (χ3n) is 1.91. The zero-order valence-electron chi connectivity index (χ0n) is 9.37. The lowest BCUT2D eigenvalue weighted by molar-refractivity contribution is -0.137. The van der Waals surface area contributed by atoms with Crippen molar-refractivity contribution in [2.45, 2.75) is 13.3 Å². The SMILES string of the molecule is Cc1cc(NS(=O)(=O)N(C)CCC(=O)O)no1. The summed E-state index contributed by atoms with van der Waals surface area (Å²) < 4.78 is 31.1. The molecule has 0 fully saturated rings. The Kier molecular flexibility index (Phi) is 4.07. The molecular formula is C8H13N3O5S. The van der Waals surface area contributed by atoms with Crippen LogP contribution < -0.4 is 4.72 Å². The fourth-order valence-electron chi connectivity index (χ4n) is 0.998. The van der Waals surface area contributed by atoms with E-state index in [1.165, 1.54) is 13.1 Å². The Morgan fingerprint density at radius 3 is 2.76 bits per heavy atom. The maximum absolute atomic E-state index is 11.7. The molecule has 2 N–H and O–H groups in total. The molecule has 0 aliphatic carbocycles. The van der Waals surface area contributed by atoms with Gasteiger partial charge < -0.3 is 9.63 Å². The molecule has 0 aromatic carbocycles. The molecule has 0 atom stereocenters. The fourth-order valence-corrected chi connectivity index (χ4v) is 1.85. The number of carboxylic acid groups (broad SMARTS) is 1. The van der Waals surface area contributed by atoms with Crippen LogP contribution in [0.25, 0.3) is 0 Å². The van der Waals surface area contributed by atoms with E-state index >= 15 is 0 Å². The number of nitrogens with one attached hydrogen (secondary N) is 1. The van der Waals surface area contributed by atoms with Crippen molar-refractivity contribution < 1.29 is 22.8 Å². The van der Waals surface area contributed by atoms with Gasteiger partial charge in [0.25, 0.3) is 0 Å². The van der Waals surface area contributed by atoms with Crippen LogP contribution in [0.5, 0.6) is 0 Å². The van der Waals surface area contributed by atoms with Crippen LogP contribution in [0, 0.1) is 6.92 Å². The van der Waals surface area contributed by atoms with E-state index in [-0.39, 0.29) is 18.8 Å². The highest BCUT2D eigenvalue weighted by Gasteiger charge is 2.19. The van der Waals surface area contributed by atoms with Gasteiger partial charge in [0.15, 0.2) is 5.82 Å². The molecule has 1 heterocycles. The summed E-state index contributed by atoms with van der Waals surface area (Å²) in [5.41, 5.74) is 0. The summed E-state index contributed by atoms with van der Waals surface area (Å²) in [4.78, 5) is 10.3. The summed E-state index contributed by atoms with van der Waals surface area (Å²) in [5, 5.41) is 11.9. The van der Waals surface area contributed by atoms with Crippen LogP contribution >= 0.6 is 0 Å². The molecule has 96 valence electrons. The second-order valence-electron chi connectivity index (χ2n) is 3.40. The summed E-state index contributed by atoms with van der Waals surface area (Å²) in [5.74, 6) is -0.537. The number of aromatic nitrogens is 1. The quantitative estimate of drug-likeness (QED) is 0.749. The van der Waals surface area contributed by atoms with Gasteiger partial charge in [0, 0.05) is 19.7 Å². The van der Waals surface area contributed by atoms with Gasteiger partial charge in [-0.3, -0.25) is 9.52 Å². The number of hydrogen-bond acceptors (Lipinski definition) is 5. The molecule has 0 unspecified atom stereocenters. The molecule has 1 rings (SSSR count). The fraction of sp³-hybridized carbons (Fsp3) is 0.500. The van der Waals surface area contributed by atoms with Gasteiger partial charge >= 0.3 is 16.2 Å². The Morgan fingerprint density at radius 1 is 1.65 bits per heavy atom. The minimum absolute atomic E-state index is 0.0599. The lowest BCUT2D eigenvalue weighted by Gasteiger charge is -2.15. The second-order valence-corrected chi connectivity index (χ2v) is 5.17. The Bertz CT molecular complexity index is 495. The van der Waals surface area contributed by atoms with Crippen molar-refractivity contribution in [1.82, 2.24) is 9.46 Å². The third-order valence-corrected chi connectivity index (χ3v) is 3.38. The molecule has 0 bridgehead atoms. The van der Waals surface area contributed by atoms with Gasteiger partial charge in [-0.15, -0.1) is 0 Å². The van der Waals surface area contributed by atoms with E-state index in [2.05, 4.69) is 9.88 Å². The zero-order chi connectivity index (χ0) is 13.1. The van der Waals surface area contributed by atoms with Gasteiger partial charge in [-0.2, -0.15) is 12.7 Å². The molecule has 1 aromatic rings. The molecule has 0 radical (unpaired) electrons. The number of hydrogen-bond donors (Lipinski definition) is 2. The highest BCUT2D eigenvalue weighted by Crippen LogP contribution is 2.10. The minimum atomic E-state index is -3.80. The molecular weight excluding hydrogens is 250 g/mol. The van der Waals surface area contributed by atoms with E-state index in [0.29, 0.717) is 5.76 Å². The van der Waals surface area contributed by atoms with Crippen LogP contribution in [0.15, 0.2) is 10.6 Å². The zero-order valence-corrected chi connectivity index (χ0v) is 10.2. The average Bonchev–Trinajstić information content (AvgIpc) is 2.59. The van der Waals surface area contributed by atoms with Crippen LogP contribution in [-0.2, 0) is 15.0 Å². The molecule has 0 amide bonds. The highest BCUT2D eigenvalue weighted by molar-refractivity contribution is 7.90.